The second kappa shape index (κ2) is 8.62. The molecule has 0 spiro atoms. The van der Waals surface area contributed by atoms with Crippen LogP contribution in [-0.4, -0.2) is 30.2 Å². The van der Waals surface area contributed by atoms with E-state index in [4.69, 9.17) is 4.74 Å². The van der Waals surface area contributed by atoms with Gasteiger partial charge in [0, 0.05) is 31.1 Å². The van der Waals surface area contributed by atoms with Crippen LogP contribution in [0.25, 0.3) is 0 Å². The van der Waals surface area contributed by atoms with Gasteiger partial charge in [0.15, 0.2) is 0 Å². The van der Waals surface area contributed by atoms with Gasteiger partial charge in [0.05, 0.1) is 6.10 Å². The van der Waals surface area contributed by atoms with Gasteiger partial charge in [-0.1, -0.05) is 36.4 Å². The molecule has 1 aromatic carbocycles. The van der Waals surface area contributed by atoms with Gasteiger partial charge >= 0.3 is 6.03 Å². The van der Waals surface area contributed by atoms with Crippen LogP contribution in [-0.2, 0) is 11.2 Å². The van der Waals surface area contributed by atoms with Crippen molar-refractivity contribution in [2.75, 3.05) is 13.2 Å². The molecule has 1 saturated heterocycles. The zero-order chi connectivity index (χ0) is 17.5. The summed E-state index contributed by atoms with van der Waals surface area (Å²) in [7, 11) is 0. The Hall–Kier alpha value is -2.40. The molecular weight excluding hydrogens is 314 g/mol. The average molecular weight is 339 g/mol. The predicted molar refractivity (Wildman–Crippen MR) is 97.4 cm³/mol. The zero-order valence-electron chi connectivity index (χ0n) is 14.6. The number of rotatable bonds is 5. The van der Waals surface area contributed by atoms with E-state index < -0.39 is 0 Å². The Labute approximate surface area is 148 Å². The van der Waals surface area contributed by atoms with E-state index >= 15 is 0 Å². The number of benzene rings is 1. The maximum absolute atomic E-state index is 12.1. The minimum absolute atomic E-state index is 0.0545. The highest BCUT2D eigenvalue weighted by atomic mass is 16.5. The predicted octanol–water partition coefficient (Wildman–Crippen LogP) is 3.15. The molecule has 0 aliphatic carbocycles. The fourth-order valence-electron chi connectivity index (χ4n) is 3.03. The van der Waals surface area contributed by atoms with E-state index in [-0.39, 0.29) is 18.2 Å². The molecule has 2 aromatic rings. The molecule has 5 nitrogen and oxygen atoms in total. The van der Waals surface area contributed by atoms with Gasteiger partial charge in [0.2, 0.25) is 0 Å². The fraction of sp³-hybridized carbons (Fsp3) is 0.400. The van der Waals surface area contributed by atoms with E-state index in [0.717, 1.165) is 30.5 Å². The highest BCUT2D eigenvalue weighted by molar-refractivity contribution is 5.74. The normalized spacial score (nSPS) is 20.0. The van der Waals surface area contributed by atoms with Crippen LogP contribution < -0.4 is 10.6 Å². The third-order valence-corrected chi connectivity index (χ3v) is 4.46. The smallest absolute Gasteiger partial charge is 0.315 e. The summed E-state index contributed by atoms with van der Waals surface area (Å²) in [5, 5.41) is 6.00. The van der Waals surface area contributed by atoms with Crippen molar-refractivity contribution in [2.24, 2.45) is 0 Å². The Balaban J connectivity index is 1.42. The second-order valence-electron chi connectivity index (χ2n) is 6.45. The number of nitrogens with one attached hydrogen (secondary N) is 2. The number of carbonyl (C=O) groups excluding carboxylic acids is 1. The Kier molecular flexibility index (Phi) is 6.01. The van der Waals surface area contributed by atoms with Gasteiger partial charge in [0.25, 0.3) is 0 Å². The maximum atomic E-state index is 12.1. The molecule has 2 atom stereocenters. The van der Waals surface area contributed by atoms with Gasteiger partial charge in [-0.15, -0.1) is 0 Å². The molecule has 0 unspecified atom stereocenters. The Morgan fingerprint density at radius 1 is 1.24 bits per heavy atom. The number of ether oxygens (including phenoxy) is 1. The maximum Gasteiger partial charge on any atom is 0.315 e. The standard InChI is InChI=1S/C20H25N3O2/c1-15-7-8-16(14-22-15)9-11-21-20(24)23-18-10-12-25-19(13-18)17-5-3-2-4-6-17/h2-8,14,18-19H,9-13H2,1H3,(H2,21,23,24)/t18-,19-/m1/s1. The summed E-state index contributed by atoms with van der Waals surface area (Å²) in [5.41, 5.74) is 3.30. The summed E-state index contributed by atoms with van der Waals surface area (Å²) < 4.78 is 5.85. The van der Waals surface area contributed by atoms with Gasteiger partial charge < -0.3 is 15.4 Å². The molecule has 0 radical (unpaired) electrons. The minimum atomic E-state index is -0.112. The van der Waals surface area contributed by atoms with Crippen molar-refractivity contribution >= 4 is 6.03 Å². The number of amides is 2. The quantitative estimate of drug-likeness (QED) is 0.879. The number of hydrogen-bond donors (Lipinski definition) is 2. The van der Waals surface area contributed by atoms with Gasteiger partial charge in [-0.05, 0) is 43.4 Å². The van der Waals surface area contributed by atoms with Crippen molar-refractivity contribution in [1.29, 1.82) is 0 Å². The van der Waals surface area contributed by atoms with Crippen LogP contribution in [0.5, 0.6) is 0 Å². The summed E-state index contributed by atoms with van der Waals surface area (Å²) >= 11 is 0. The first kappa shape index (κ1) is 17.4. The van der Waals surface area contributed by atoms with Crippen LogP contribution in [0.2, 0.25) is 0 Å². The van der Waals surface area contributed by atoms with E-state index in [2.05, 4.69) is 27.8 Å². The summed E-state index contributed by atoms with van der Waals surface area (Å²) in [6.45, 7) is 3.23. The number of aromatic nitrogens is 1. The van der Waals surface area contributed by atoms with Crippen LogP contribution >= 0.6 is 0 Å². The van der Waals surface area contributed by atoms with Crippen molar-refractivity contribution in [2.45, 2.75) is 38.3 Å². The first-order chi connectivity index (χ1) is 12.2. The SMILES string of the molecule is Cc1ccc(CCNC(=O)N[C@@H]2CCO[C@@H](c3ccccc3)C2)cn1. The second-order valence-corrected chi connectivity index (χ2v) is 6.45. The van der Waals surface area contributed by atoms with Crippen molar-refractivity contribution < 1.29 is 9.53 Å². The first-order valence-electron chi connectivity index (χ1n) is 8.83. The molecule has 132 valence electrons. The lowest BCUT2D eigenvalue weighted by Gasteiger charge is -2.30. The number of aryl methyl sites for hydroxylation is 1. The van der Waals surface area contributed by atoms with Gasteiger partial charge in [-0.25, -0.2) is 4.79 Å². The molecule has 2 N–H and O–H groups in total. The number of urea groups is 1. The zero-order valence-corrected chi connectivity index (χ0v) is 14.6. The lowest BCUT2D eigenvalue weighted by molar-refractivity contribution is 0.00227. The highest BCUT2D eigenvalue weighted by Crippen LogP contribution is 2.27. The lowest BCUT2D eigenvalue weighted by Crippen LogP contribution is -2.45. The molecule has 2 heterocycles. The number of pyridine rings is 1. The number of hydrogen-bond acceptors (Lipinski definition) is 3. The minimum Gasteiger partial charge on any atom is -0.373 e. The van der Waals surface area contributed by atoms with E-state index in [1.807, 2.05) is 43.5 Å². The number of nitrogens with zero attached hydrogens (tertiary/aromatic N) is 1. The summed E-state index contributed by atoms with van der Waals surface area (Å²) in [6, 6.07) is 14.2. The van der Waals surface area contributed by atoms with E-state index in [9.17, 15) is 4.79 Å². The fourth-order valence-corrected chi connectivity index (χ4v) is 3.03. The topological polar surface area (TPSA) is 63.2 Å². The monoisotopic (exact) mass is 339 g/mol. The molecule has 0 bridgehead atoms. The molecule has 1 aliphatic heterocycles. The molecule has 0 saturated carbocycles. The summed E-state index contributed by atoms with van der Waals surface area (Å²) in [4.78, 5) is 16.4. The van der Waals surface area contributed by atoms with Gasteiger partial charge in [-0.3, -0.25) is 4.98 Å². The van der Waals surface area contributed by atoms with Gasteiger partial charge in [-0.2, -0.15) is 0 Å². The molecule has 1 aromatic heterocycles. The van der Waals surface area contributed by atoms with E-state index in [1.165, 1.54) is 5.56 Å². The van der Waals surface area contributed by atoms with Crippen LogP contribution in [0.15, 0.2) is 48.7 Å². The molecule has 3 rings (SSSR count). The molecule has 5 heteroatoms. The Morgan fingerprint density at radius 2 is 2.08 bits per heavy atom. The molecular formula is C20H25N3O2. The summed E-state index contributed by atoms with van der Waals surface area (Å²) in [6.07, 6.45) is 4.34. The molecule has 25 heavy (non-hydrogen) atoms. The summed E-state index contributed by atoms with van der Waals surface area (Å²) in [5.74, 6) is 0. The highest BCUT2D eigenvalue weighted by Gasteiger charge is 2.24. The Morgan fingerprint density at radius 3 is 2.84 bits per heavy atom. The molecule has 1 fully saturated rings. The van der Waals surface area contributed by atoms with E-state index in [0.29, 0.717) is 13.2 Å². The van der Waals surface area contributed by atoms with Crippen LogP contribution in [0.1, 0.15) is 35.8 Å². The molecule has 1 aliphatic rings. The van der Waals surface area contributed by atoms with Crippen LogP contribution in [0.4, 0.5) is 4.79 Å². The van der Waals surface area contributed by atoms with Crippen LogP contribution in [0.3, 0.4) is 0 Å². The van der Waals surface area contributed by atoms with Crippen molar-refractivity contribution in [1.82, 2.24) is 15.6 Å². The van der Waals surface area contributed by atoms with Crippen molar-refractivity contribution in [3.63, 3.8) is 0 Å². The number of carbonyl (C=O) groups is 1. The van der Waals surface area contributed by atoms with Gasteiger partial charge in [0.1, 0.15) is 0 Å². The third kappa shape index (κ3) is 5.29. The molecule has 2 amide bonds. The van der Waals surface area contributed by atoms with E-state index in [1.54, 1.807) is 0 Å². The third-order valence-electron chi connectivity index (χ3n) is 4.46. The first-order valence-corrected chi connectivity index (χ1v) is 8.83. The van der Waals surface area contributed by atoms with Crippen molar-refractivity contribution in [3.8, 4) is 0 Å². The van der Waals surface area contributed by atoms with Crippen LogP contribution in [0, 0.1) is 6.92 Å². The Bertz CT molecular complexity index is 673. The lowest BCUT2D eigenvalue weighted by atomic mass is 9.97. The van der Waals surface area contributed by atoms with Crippen molar-refractivity contribution in [3.05, 3.63) is 65.5 Å². The largest absolute Gasteiger partial charge is 0.373 e. The average Bonchev–Trinajstić information content (AvgIpc) is 2.64.